The zero-order chi connectivity index (χ0) is 23.6. The quantitative estimate of drug-likeness (QED) is 0.582. The first kappa shape index (κ1) is 24.4. The van der Waals surface area contributed by atoms with Crippen molar-refractivity contribution in [1.82, 2.24) is 4.57 Å². The first-order chi connectivity index (χ1) is 14.4. The summed E-state index contributed by atoms with van der Waals surface area (Å²) in [5.41, 5.74) is 5.83. The van der Waals surface area contributed by atoms with Gasteiger partial charge in [-0.2, -0.15) is 4.58 Å². The minimum absolute atomic E-state index is 0.0654. The van der Waals surface area contributed by atoms with Crippen LogP contribution in [0.4, 0.5) is 0 Å². The van der Waals surface area contributed by atoms with E-state index in [1.54, 1.807) is 0 Å². The van der Waals surface area contributed by atoms with Crippen LogP contribution in [-0.2, 0) is 9.59 Å². The van der Waals surface area contributed by atoms with Crippen LogP contribution in [0.5, 0.6) is 0 Å². The van der Waals surface area contributed by atoms with Gasteiger partial charge in [0.25, 0.3) is 6.04 Å². The molecule has 31 heavy (non-hydrogen) atoms. The maximum atomic E-state index is 11.9. The second-order valence-electron chi connectivity index (χ2n) is 9.04. The molecule has 2 heterocycles. The molecule has 0 saturated heterocycles. The van der Waals surface area contributed by atoms with Crippen molar-refractivity contribution in [1.29, 1.82) is 0 Å². The molecule has 2 unspecified atom stereocenters. The van der Waals surface area contributed by atoms with Gasteiger partial charge in [0.15, 0.2) is 6.21 Å². The molecule has 2 N–H and O–H groups in total. The van der Waals surface area contributed by atoms with Gasteiger partial charge in [-0.05, 0) is 50.8 Å². The van der Waals surface area contributed by atoms with Gasteiger partial charge in [0.05, 0.1) is 0 Å². The lowest BCUT2D eigenvalue weighted by Crippen LogP contribution is -2.37. The first-order valence-corrected chi connectivity index (χ1v) is 10.7. The molecule has 0 radical (unpaired) electrons. The predicted octanol–water partition coefficient (Wildman–Crippen LogP) is 4.83. The fourth-order valence-corrected chi connectivity index (χ4v) is 4.10. The van der Waals surface area contributed by atoms with E-state index < -0.39 is 24.0 Å². The highest BCUT2D eigenvalue weighted by Crippen LogP contribution is 2.28. The van der Waals surface area contributed by atoms with Crippen LogP contribution in [0.25, 0.3) is 6.08 Å². The first-order valence-electron chi connectivity index (χ1n) is 10.7. The van der Waals surface area contributed by atoms with Gasteiger partial charge in [0.1, 0.15) is 6.04 Å². The van der Waals surface area contributed by atoms with Crippen LogP contribution in [0.3, 0.4) is 0 Å². The average Bonchev–Trinajstić information content (AvgIpc) is 3.05. The van der Waals surface area contributed by atoms with Crippen molar-refractivity contribution in [3.05, 3.63) is 52.0 Å². The van der Waals surface area contributed by atoms with Crippen LogP contribution in [0.15, 0.2) is 35.2 Å². The number of carboxylic acid groups (broad SMARTS) is 2. The molecule has 1 aromatic heterocycles. The summed E-state index contributed by atoms with van der Waals surface area (Å²) in [6.45, 7) is 15.5. The number of hydrogen-bond acceptors (Lipinski definition) is 2. The van der Waals surface area contributed by atoms with Gasteiger partial charge in [-0.25, -0.2) is 9.59 Å². The van der Waals surface area contributed by atoms with E-state index in [0.29, 0.717) is 0 Å². The molecule has 2 rings (SSSR count). The van der Waals surface area contributed by atoms with Crippen molar-refractivity contribution >= 4 is 24.2 Å². The third kappa shape index (κ3) is 4.89. The molecule has 0 fully saturated rings. The zero-order valence-electron chi connectivity index (χ0n) is 19.8. The van der Waals surface area contributed by atoms with E-state index >= 15 is 0 Å². The third-order valence-electron chi connectivity index (χ3n) is 6.05. The van der Waals surface area contributed by atoms with Crippen molar-refractivity contribution < 1.29 is 24.4 Å². The molecule has 0 aromatic carbocycles. The molecule has 0 aliphatic carbocycles. The van der Waals surface area contributed by atoms with E-state index in [9.17, 15) is 19.8 Å². The zero-order valence-corrected chi connectivity index (χ0v) is 19.8. The molecule has 0 spiro atoms. The van der Waals surface area contributed by atoms with Crippen molar-refractivity contribution in [2.45, 2.75) is 67.5 Å². The Hall–Kier alpha value is -2.89. The largest absolute Gasteiger partial charge is 0.480 e. The van der Waals surface area contributed by atoms with Crippen molar-refractivity contribution in [3.8, 4) is 0 Å². The minimum Gasteiger partial charge on any atom is -0.480 e. The smallest absolute Gasteiger partial charge is 0.373 e. The van der Waals surface area contributed by atoms with Crippen LogP contribution in [0.2, 0.25) is 0 Å². The van der Waals surface area contributed by atoms with Crippen LogP contribution >= 0.6 is 0 Å². The highest BCUT2D eigenvalue weighted by Gasteiger charge is 2.38. The van der Waals surface area contributed by atoms with E-state index in [-0.39, 0.29) is 11.8 Å². The SMILES string of the molecule is CC1=C(C)C(=CC=Cc2c(C)c(C)cn2C(C(=O)O)C(C)C)[N+](C(C(=O)O)C(C)C)=C1. The lowest BCUT2D eigenvalue weighted by atomic mass is 10.0. The molecule has 1 aliphatic heterocycles. The number of carboxylic acids is 2. The van der Waals surface area contributed by atoms with Crippen molar-refractivity contribution in [2.75, 3.05) is 0 Å². The minimum atomic E-state index is -0.856. The number of allylic oxidation sites excluding steroid dienone is 4. The van der Waals surface area contributed by atoms with Gasteiger partial charge in [-0.15, -0.1) is 0 Å². The molecule has 0 bridgehead atoms. The van der Waals surface area contributed by atoms with E-state index in [1.165, 1.54) is 0 Å². The highest BCUT2D eigenvalue weighted by atomic mass is 16.4. The number of hydrogen-bond donors (Lipinski definition) is 2. The second-order valence-corrected chi connectivity index (χ2v) is 9.04. The maximum Gasteiger partial charge on any atom is 0.373 e. The summed E-state index contributed by atoms with van der Waals surface area (Å²) < 4.78 is 3.65. The molecule has 0 amide bonds. The molecule has 6 heteroatoms. The number of aliphatic carboxylic acids is 2. The van der Waals surface area contributed by atoms with Crippen LogP contribution in [0, 0.1) is 25.7 Å². The van der Waals surface area contributed by atoms with Crippen molar-refractivity contribution in [2.24, 2.45) is 11.8 Å². The molecule has 1 aliphatic rings. The summed E-state index contributed by atoms with van der Waals surface area (Å²) in [6, 6.07) is -1.31. The van der Waals surface area contributed by atoms with Crippen LogP contribution in [-0.4, -0.2) is 43.6 Å². The molecule has 2 atom stereocenters. The Labute approximate surface area is 184 Å². The monoisotopic (exact) mass is 427 g/mol. The Balaban J connectivity index is 2.52. The standard InChI is InChI=1S/C25H34N2O4/c1-14(2)22(24(28)29)26-12-16(5)18(7)20(26)10-9-11-21-19(8)17(6)13-27(21)23(15(3)4)25(30)31/h9-15,22-23H,1-8H3,(H-,28,29,30,31)/p+1. The maximum absolute atomic E-state index is 11.9. The lowest BCUT2D eigenvalue weighted by Gasteiger charge is -2.20. The summed E-state index contributed by atoms with van der Waals surface area (Å²) in [5.74, 6) is -1.84. The van der Waals surface area contributed by atoms with Crippen LogP contribution in [0.1, 0.15) is 64.4 Å². The number of carbonyl (C=O) groups is 2. The van der Waals surface area contributed by atoms with Gasteiger partial charge in [-0.3, -0.25) is 0 Å². The van der Waals surface area contributed by atoms with E-state index in [2.05, 4.69) is 0 Å². The van der Waals surface area contributed by atoms with E-state index in [4.69, 9.17) is 0 Å². The summed E-state index contributed by atoms with van der Waals surface area (Å²) in [4.78, 5) is 23.8. The Morgan fingerprint density at radius 1 is 1.00 bits per heavy atom. The molecular formula is C25H35N2O4+. The second kappa shape index (κ2) is 9.50. The molecule has 0 saturated carbocycles. The number of nitrogens with zero attached hydrogens (tertiary/aromatic N) is 2. The van der Waals surface area contributed by atoms with Crippen molar-refractivity contribution in [3.63, 3.8) is 0 Å². The summed E-state index contributed by atoms with van der Waals surface area (Å²) in [7, 11) is 0. The number of aromatic nitrogens is 1. The lowest BCUT2D eigenvalue weighted by molar-refractivity contribution is -0.504. The van der Waals surface area contributed by atoms with Gasteiger partial charge >= 0.3 is 11.9 Å². The van der Waals surface area contributed by atoms with Gasteiger partial charge in [-0.1, -0.05) is 33.8 Å². The molecule has 168 valence electrons. The van der Waals surface area contributed by atoms with Gasteiger partial charge < -0.3 is 14.8 Å². The predicted molar refractivity (Wildman–Crippen MR) is 123 cm³/mol. The van der Waals surface area contributed by atoms with Gasteiger partial charge in [0, 0.05) is 35.0 Å². The molecule has 1 aromatic rings. The Bertz CT molecular complexity index is 1000. The molecular weight excluding hydrogens is 392 g/mol. The average molecular weight is 428 g/mol. The fraction of sp³-hybridized carbons (Fsp3) is 0.480. The third-order valence-corrected chi connectivity index (χ3v) is 6.05. The molecule has 6 nitrogen and oxygen atoms in total. The van der Waals surface area contributed by atoms with E-state index in [1.807, 2.05) is 95.2 Å². The summed E-state index contributed by atoms with van der Waals surface area (Å²) in [5, 5.41) is 19.5. The Morgan fingerprint density at radius 2 is 1.61 bits per heavy atom. The Morgan fingerprint density at radius 3 is 2.10 bits per heavy atom. The van der Waals surface area contributed by atoms with E-state index in [0.717, 1.165) is 33.7 Å². The Kier molecular flexibility index (Phi) is 7.47. The normalized spacial score (nSPS) is 17.9. The van der Waals surface area contributed by atoms with Crippen LogP contribution < -0.4 is 0 Å². The van der Waals surface area contributed by atoms with Gasteiger partial charge in [0.2, 0.25) is 5.70 Å². The number of rotatable bonds is 8. The number of aryl methyl sites for hydroxylation is 1. The fourth-order valence-electron chi connectivity index (χ4n) is 4.10. The highest BCUT2D eigenvalue weighted by molar-refractivity contribution is 5.82. The summed E-state index contributed by atoms with van der Waals surface area (Å²) >= 11 is 0. The topological polar surface area (TPSA) is 82.5 Å². The summed E-state index contributed by atoms with van der Waals surface area (Å²) in [6.07, 6.45) is 9.50.